The summed E-state index contributed by atoms with van der Waals surface area (Å²) in [7, 11) is 0. The van der Waals surface area contributed by atoms with Gasteiger partial charge < -0.3 is 15.1 Å². The Kier molecular flexibility index (Phi) is 5.31. The van der Waals surface area contributed by atoms with Crippen molar-refractivity contribution in [2.45, 2.75) is 19.3 Å². The third-order valence-electron chi connectivity index (χ3n) is 4.89. The second-order valence-corrected chi connectivity index (χ2v) is 8.17. The molecular weight excluding hydrogens is 384 g/mol. The second kappa shape index (κ2) is 7.86. The van der Waals surface area contributed by atoms with Gasteiger partial charge in [0, 0.05) is 37.5 Å². The molecule has 27 heavy (non-hydrogen) atoms. The van der Waals surface area contributed by atoms with Gasteiger partial charge in [0.25, 0.3) is 0 Å². The molecule has 2 aromatic rings. The predicted molar refractivity (Wildman–Crippen MR) is 107 cm³/mol. The molecule has 1 saturated carbocycles. The SMILES string of the molecule is O=C(Nc1nc(CC(=O)N2CCN(c3ccccc3Cl)CC2)cs1)C1CC1. The van der Waals surface area contributed by atoms with Crippen molar-refractivity contribution in [1.29, 1.82) is 0 Å². The molecule has 6 nitrogen and oxygen atoms in total. The molecule has 1 saturated heterocycles. The van der Waals surface area contributed by atoms with Gasteiger partial charge in [-0.2, -0.15) is 0 Å². The normalized spacial score (nSPS) is 17.1. The van der Waals surface area contributed by atoms with E-state index in [0.717, 1.165) is 36.6 Å². The van der Waals surface area contributed by atoms with Crippen LogP contribution in [0.2, 0.25) is 5.02 Å². The van der Waals surface area contributed by atoms with Gasteiger partial charge in [0.1, 0.15) is 0 Å². The maximum absolute atomic E-state index is 12.6. The fraction of sp³-hybridized carbons (Fsp3) is 0.421. The Labute approximate surface area is 167 Å². The summed E-state index contributed by atoms with van der Waals surface area (Å²) in [5.74, 6) is 0.255. The number of hydrogen-bond donors (Lipinski definition) is 1. The number of aromatic nitrogens is 1. The number of benzene rings is 1. The highest BCUT2D eigenvalue weighted by molar-refractivity contribution is 7.13. The van der Waals surface area contributed by atoms with Crippen LogP contribution in [0.5, 0.6) is 0 Å². The average Bonchev–Trinajstić information content (AvgIpc) is 3.44. The Balaban J connectivity index is 1.29. The molecule has 0 unspecified atom stereocenters. The Hall–Kier alpha value is -2.12. The van der Waals surface area contributed by atoms with Crippen molar-refractivity contribution in [3.8, 4) is 0 Å². The van der Waals surface area contributed by atoms with E-state index in [4.69, 9.17) is 11.6 Å². The van der Waals surface area contributed by atoms with Gasteiger partial charge in [0.15, 0.2) is 5.13 Å². The van der Waals surface area contributed by atoms with E-state index in [-0.39, 0.29) is 24.2 Å². The number of nitrogens with one attached hydrogen (secondary N) is 1. The minimum Gasteiger partial charge on any atom is -0.367 e. The summed E-state index contributed by atoms with van der Waals surface area (Å²) >= 11 is 7.64. The number of carbonyl (C=O) groups is 2. The first-order valence-electron chi connectivity index (χ1n) is 9.12. The molecule has 0 atom stereocenters. The number of rotatable bonds is 5. The molecule has 4 rings (SSSR count). The summed E-state index contributed by atoms with van der Waals surface area (Å²) < 4.78 is 0. The quantitative estimate of drug-likeness (QED) is 0.831. The Bertz CT molecular complexity index is 844. The lowest BCUT2D eigenvalue weighted by Gasteiger charge is -2.36. The predicted octanol–water partition coefficient (Wildman–Crippen LogP) is 3.04. The van der Waals surface area contributed by atoms with Crippen molar-refractivity contribution in [2.24, 2.45) is 5.92 Å². The molecule has 1 aromatic carbocycles. The number of carbonyl (C=O) groups excluding carboxylic acids is 2. The van der Waals surface area contributed by atoms with E-state index in [1.54, 1.807) is 0 Å². The van der Waals surface area contributed by atoms with Crippen LogP contribution in [0, 0.1) is 5.92 Å². The number of nitrogens with zero attached hydrogens (tertiary/aromatic N) is 3. The van der Waals surface area contributed by atoms with Gasteiger partial charge in [-0.1, -0.05) is 23.7 Å². The summed E-state index contributed by atoms with van der Waals surface area (Å²) in [5.41, 5.74) is 1.73. The highest BCUT2D eigenvalue weighted by Gasteiger charge is 2.30. The maximum atomic E-state index is 12.6. The van der Waals surface area contributed by atoms with Crippen LogP contribution in [0.15, 0.2) is 29.6 Å². The van der Waals surface area contributed by atoms with Crippen LogP contribution in [-0.2, 0) is 16.0 Å². The first kappa shape index (κ1) is 18.3. The van der Waals surface area contributed by atoms with Crippen molar-refractivity contribution in [3.05, 3.63) is 40.4 Å². The van der Waals surface area contributed by atoms with Crippen LogP contribution < -0.4 is 10.2 Å². The molecule has 8 heteroatoms. The molecule has 0 spiro atoms. The zero-order chi connectivity index (χ0) is 18.8. The zero-order valence-corrected chi connectivity index (χ0v) is 16.4. The molecule has 0 radical (unpaired) electrons. The summed E-state index contributed by atoms with van der Waals surface area (Å²) in [5, 5.41) is 6.00. The molecule has 2 heterocycles. The molecule has 1 aliphatic heterocycles. The number of anilines is 2. The summed E-state index contributed by atoms with van der Waals surface area (Å²) in [4.78, 5) is 32.8. The third-order valence-corrected chi connectivity index (χ3v) is 6.01. The van der Waals surface area contributed by atoms with Gasteiger partial charge in [-0.05, 0) is 25.0 Å². The van der Waals surface area contributed by atoms with Crippen molar-refractivity contribution in [2.75, 3.05) is 36.4 Å². The molecule has 0 bridgehead atoms. The van der Waals surface area contributed by atoms with E-state index in [1.165, 1.54) is 11.3 Å². The Morgan fingerprint density at radius 3 is 2.63 bits per heavy atom. The number of hydrogen-bond acceptors (Lipinski definition) is 5. The fourth-order valence-corrected chi connectivity index (χ4v) is 4.14. The van der Waals surface area contributed by atoms with Crippen LogP contribution in [0.1, 0.15) is 18.5 Å². The zero-order valence-electron chi connectivity index (χ0n) is 14.9. The number of para-hydroxylation sites is 1. The molecule has 1 aliphatic carbocycles. The van der Waals surface area contributed by atoms with Gasteiger partial charge in [-0.3, -0.25) is 9.59 Å². The van der Waals surface area contributed by atoms with Crippen molar-refractivity contribution in [1.82, 2.24) is 9.88 Å². The van der Waals surface area contributed by atoms with Gasteiger partial charge in [-0.25, -0.2) is 4.98 Å². The monoisotopic (exact) mass is 404 g/mol. The number of amides is 2. The smallest absolute Gasteiger partial charge is 0.229 e. The second-order valence-electron chi connectivity index (χ2n) is 6.90. The van der Waals surface area contributed by atoms with Gasteiger partial charge >= 0.3 is 0 Å². The van der Waals surface area contributed by atoms with Crippen LogP contribution in [0.4, 0.5) is 10.8 Å². The maximum Gasteiger partial charge on any atom is 0.229 e. The number of thiazole rings is 1. The minimum atomic E-state index is 0.0397. The third kappa shape index (κ3) is 4.42. The lowest BCUT2D eigenvalue weighted by molar-refractivity contribution is -0.130. The van der Waals surface area contributed by atoms with Crippen LogP contribution in [-0.4, -0.2) is 47.9 Å². The number of halogens is 1. The first-order chi connectivity index (χ1) is 13.1. The molecule has 1 N–H and O–H groups in total. The lowest BCUT2D eigenvalue weighted by Crippen LogP contribution is -2.49. The van der Waals surface area contributed by atoms with Crippen molar-refractivity contribution >= 4 is 45.6 Å². The molecule has 2 aliphatic rings. The van der Waals surface area contributed by atoms with Gasteiger partial charge in [0.2, 0.25) is 11.8 Å². The topological polar surface area (TPSA) is 65.5 Å². The van der Waals surface area contributed by atoms with Crippen molar-refractivity contribution < 1.29 is 9.59 Å². The first-order valence-corrected chi connectivity index (χ1v) is 10.4. The van der Waals surface area contributed by atoms with Gasteiger partial charge in [0.05, 0.1) is 22.8 Å². The molecule has 2 fully saturated rings. The highest BCUT2D eigenvalue weighted by Crippen LogP contribution is 2.31. The standard InChI is InChI=1S/C19H21ClN4O2S/c20-15-3-1-2-4-16(15)23-7-9-24(10-8-23)17(25)11-14-12-27-19(21-14)22-18(26)13-5-6-13/h1-4,12-13H,5-11H2,(H,21,22,26). The van der Waals surface area contributed by atoms with Crippen molar-refractivity contribution in [3.63, 3.8) is 0 Å². The van der Waals surface area contributed by atoms with E-state index in [9.17, 15) is 9.59 Å². The summed E-state index contributed by atoms with van der Waals surface area (Å²) in [6.45, 7) is 2.85. The Morgan fingerprint density at radius 1 is 1.19 bits per heavy atom. The molecule has 1 aromatic heterocycles. The van der Waals surface area contributed by atoms with Crippen LogP contribution >= 0.6 is 22.9 Å². The van der Waals surface area contributed by atoms with Crippen LogP contribution in [0.25, 0.3) is 0 Å². The molecular formula is C19H21ClN4O2S. The average molecular weight is 405 g/mol. The Morgan fingerprint density at radius 2 is 1.93 bits per heavy atom. The minimum absolute atomic E-state index is 0.0397. The van der Waals surface area contributed by atoms with E-state index in [1.807, 2.05) is 34.5 Å². The lowest BCUT2D eigenvalue weighted by atomic mass is 10.2. The fourth-order valence-electron chi connectivity index (χ4n) is 3.17. The van der Waals surface area contributed by atoms with Crippen LogP contribution in [0.3, 0.4) is 0 Å². The van der Waals surface area contributed by atoms with Gasteiger partial charge in [-0.15, -0.1) is 11.3 Å². The van der Waals surface area contributed by atoms with E-state index >= 15 is 0 Å². The molecule has 142 valence electrons. The largest absolute Gasteiger partial charge is 0.367 e. The number of piperazine rings is 1. The van der Waals surface area contributed by atoms with E-state index in [2.05, 4.69) is 15.2 Å². The summed E-state index contributed by atoms with van der Waals surface area (Å²) in [6, 6.07) is 7.78. The highest BCUT2D eigenvalue weighted by atomic mass is 35.5. The van der Waals surface area contributed by atoms with E-state index < -0.39 is 0 Å². The molecule has 2 amide bonds. The van der Waals surface area contributed by atoms with E-state index in [0.29, 0.717) is 23.9 Å². The summed E-state index contributed by atoms with van der Waals surface area (Å²) in [6.07, 6.45) is 2.19.